The van der Waals surface area contributed by atoms with Crippen LogP contribution in [0.5, 0.6) is 0 Å². The van der Waals surface area contributed by atoms with Crippen LogP contribution in [0.3, 0.4) is 0 Å². The molecule has 0 bridgehead atoms. The lowest BCUT2D eigenvalue weighted by Gasteiger charge is -2.25. The number of carbonyl (C=O) groups is 2. The van der Waals surface area contributed by atoms with Gasteiger partial charge in [0.05, 0.1) is 4.92 Å². The highest BCUT2D eigenvalue weighted by Gasteiger charge is 2.21. The van der Waals surface area contributed by atoms with Gasteiger partial charge in [0.2, 0.25) is 0 Å². The third-order valence-corrected chi connectivity index (χ3v) is 2.75. The number of nitrogens with zero attached hydrogens (tertiary/aromatic N) is 1. The van der Waals surface area contributed by atoms with Crippen LogP contribution in [0.15, 0.2) is 24.3 Å². The van der Waals surface area contributed by atoms with Crippen LogP contribution >= 0.6 is 0 Å². The zero-order valence-electron chi connectivity index (χ0n) is 11.8. The lowest BCUT2D eigenvalue weighted by molar-refractivity contribution is -0.384. The second kappa shape index (κ2) is 6.69. The number of hydrogen-bond donors (Lipinski definition) is 3. The summed E-state index contributed by atoms with van der Waals surface area (Å²) in [5, 5.41) is 24.3. The van der Waals surface area contributed by atoms with Gasteiger partial charge in [0.1, 0.15) is 0 Å². The Morgan fingerprint density at radius 1 is 1.29 bits per heavy atom. The molecule has 1 rings (SSSR count). The summed E-state index contributed by atoms with van der Waals surface area (Å²) in [5.41, 5.74) is -0.335. The summed E-state index contributed by atoms with van der Waals surface area (Å²) in [7, 11) is 0. The first-order valence-electron chi connectivity index (χ1n) is 6.25. The molecule has 0 saturated heterocycles. The van der Waals surface area contributed by atoms with Gasteiger partial charge in [-0.15, -0.1) is 0 Å². The minimum Gasteiger partial charge on any atom is -0.481 e. The maximum absolute atomic E-state index is 11.8. The van der Waals surface area contributed by atoms with Crippen LogP contribution in [-0.2, 0) is 4.79 Å². The van der Waals surface area contributed by atoms with Crippen molar-refractivity contribution in [3.05, 3.63) is 34.4 Å². The molecular weight excluding hydrogens is 278 g/mol. The molecular formula is C13H17N3O5. The number of aliphatic carboxylic acids is 1. The third-order valence-electron chi connectivity index (χ3n) is 2.75. The van der Waals surface area contributed by atoms with E-state index in [0.29, 0.717) is 5.69 Å². The number of benzene rings is 1. The fourth-order valence-corrected chi connectivity index (χ4v) is 1.62. The number of carboxylic acid groups (broad SMARTS) is 1. The smallest absolute Gasteiger partial charge is 0.319 e. The second-order valence-corrected chi connectivity index (χ2v) is 5.16. The molecule has 2 amide bonds. The van der Waals surface area contributed by atoms with Crippen LogP contribution in [-0.4, -0.2) is 27.6 Å². The molecule has 0 atom stereocenters. The van der Waals surface area contributed by atoms with Crippen molar-refractivity contribution in [3.63, 3.8) is 0 Å². The highest BCUT2D eigenvalue weighted by Crippen LogP contribution is 2.16. The van der Waals surface area contributed by atoms with Gasteiger partial charge in [-0.25, -0.2) is 4.79 Å². The molecule has 0 aliphatic heterocycles. The van der Waals surface area contributed by atoms with Crippen LogP contribution in [0.25, 0.3) is 0 Å². The van der Waals surface area contributed by atoms with Gasteiger partial charge in [0.15, 0.2) is 0 Å². The van der Waals surface area contributed by atoms with E-state index in [9.17, 15) is 19.7 Å². The number of rotatable bonds is 6. The number of non-ortho nitro benzene ring substituents is 1. The van der Waals surface area contributed by atoms with Crippen LogP contribution in [0.4, 0.5) is 16.2 Å². The van der Waals surface area contributed by atoms with Crippen molar-refractivity contribution >= 4 is 23.4 Å². The first-order chi connectivity index (χ1) is 9.69. The Morgan fingerprint density at radius 2 is 1.86 bits per heavy atom. The Bertz CT molecular complexity index is 539. The van der Waals surface area contributed by atoms with Crippen molar-refractivity contribution in [2.75, 3.05) is 5.32 Å². The molecule has 0 spiro atoms. The van der Waals surface area contributed by atoms with Gasteiger partial charge in [-0.1, -0.05) is 0 Å². The maximum atomic E-state index is 11.8. The Morgan fingerprint density at radius 3 is 2.33 bits per heavy atom. The molecule has 8 nitrogen and oxygen atoms in total. The normalized spacial score (nSPS) is 10.8. The molecule has 0 aromatic heterocycles. The van der Waals surface area contributed by atoms with Crippen molar-refractivity contribution in [2.45, 2.75) is 32.2 Å². The Hall–Kier alpha value is -2.64. The van der Waals surface area contributed by atoms with Crippen molar-refractivity contribution in [1.29, 1.82) is 0 Å². The highest BCUT2D eigenvalue weighted by molar-refractivity contribution is 5.89. The number of carbonyl (C=O) groups excluding carboxylic acids is 1. The van der Waals surface area contributed by atoms with Crippen molar-refractivity contribution in [1.82, 2.24) is 5.32 Å². The van der Waals surface area contributed by atoms with E-state index in [4.69, 9.17) is 5.11 Å². The van der Waals surface area contributed by atoms with Gasteiger partial charge in [-0.2, -0.15) is 0 Å². The number of hydrogen-bond acceptors (Lipinski definition) is 4. The standard InChI is InChI=1S/C13H17N3O5/c1-13(2,8-7-11(17)18)15-12(19)14-9-3-5-10(6-4-9)16(20)21/h3-6H,7-8H2,1-2H3,(H,17,18)(H2,14,15,19). The lowest BCUT2D eigenvalue weighted by atomic mass is 9.99. The predicted octanol–water partition coefficient (Wildman–Crippen LogP) is 2.36. The fraction of sp³-hybridized carbons (Fsp3) is 0.385. The molecule has 21 heavy (non-hydrogen) atoms. The van der Waals surface area contributed by atoms with Crippen molar-refractivity contribution < 1.29 is 19.6 Å². The number of nitro benzene ring substituents is 1. The molecule has 0 heterocycles. The van der Waals surface area contributed by atoms with Gasteiger partial charge in [-0.05, 0) is 32.4 Å². The largest absolute Gasteiger partial charge is 0.481 e. The predicted molar refractivity (Wildman–Crippen MR) is 76.2 cm³/mol. The molecule has 0 radical (unpaired) electrons. The number of anilines is 1. The molecule has 0 saturated carbocycles. The molecule has 1 aromatic carbocycles. The quantitative estimate of drug-likeness (QED) is 0.549. The summed E-state index contributed by atoms with van der Waals surface area (Å²) < 4.78 is 0. The van der Waals surface area contributed by atoms with E-state index < -0.39 is 22.5 Å². The Kier molecular flexibility index (Phi) is 5.23. The highest BCUT2D eigenvalue weighted by atomic mass is 16.6. The number of carboxylic acids is 1. The summed E-state index contributed by atoms with van der Waals surface area (Å²) in [4.78, 5) is 32.3. The van der Waals surface area contributed by atoms with E-state index in [-0.39, 0.29) is 18.5 Å². The molecule has 0 aliphatic rings. The third kappa shape index (κ3) is 5.89. The zero-order valence-corrected chi connectivity index (χ0v) is 11.8. The Labute approximate surface area is 121 Å². The average molecular weight is 295 g/mol. The van der Waals surface area contributed by atoms with Crippen LogP contribution in [0.2, 0.25) is 0 Å². The Balaban J connectivity index is 2.56. The van der Waals surface area contributed by atoms with E-state index in [1.165, 1.54) is 24.3 Å². The van der Waals surface area contributed by atoms with Crippen molar-refractivity contribution in [2.24, 2.45) is 0 Å². The molecule has 114 valence electrons. The minimum absolute atomic E-state index is 0.0508. The molecule has 0 aliphatic carbocycles. The van der Waals surface area contributed by atoms with E-state index in [1.54, 1.807) is 13.8 Å². The van der Waals surface area contributed by atoms with Crippen LogP contribution in [0.1, 0.15) is 26.7 Å². The lowest BCUT2D eigenvalue weighted by Crippen LogP contribution is -2.45. The van der Waals surface area contributed by atoms with Gasteiger partial charge in [0.25, 0.3) is 5.69 Å². The van der Waals surface area contributed by atoms with Crippen molar-refractivity contribution in [3.8, 4) is 0 Å². The fourth-order valence-electron chi connectivity index (χ4n) is 1.62. The molecule has 0 unspecified atom stereocenters. The topological polar surface area (TPSA) is 122 Å². The minimum atomic E-state index is -0.930. The molecule has 1 aromatic rings. The summed E-state index contributed by atoms with van der Waals surface area (Å²) in [5.74, 6) is -0.930. The first-order valence-corrected chi connectivity index (χ1v) is 6.25. The number of nitrogens with one attached hydrogen (secondary N) is 2. The van der Waals surface area contributed by atoms with Crippen LogP contribution < -0.4 is 10.6 Å². The molecule has 8 heteroatoms. The maximum Gasteiger partial charge on any atom is 0.319 e. The van der Waals surface area contributed by atoms with Gasteiger partial charge in [-0.3, -0.25) is 14.9 Å². The molecule has 3 N–H and O–H groups in total. The van der Waals surface area contributed by atoms with E-state index in [1.807, 2.05) is 0 Å². The van der Waals surface area contributed by atoms with E-state index in [0.717, 1.165) is 0 Å². The number of amides is 2. The SMILES string of the molecule is CC(C)(CCC(=O)O)NC(=O)Nc1ccc([N+](=O)[O-])cc1. The number of nitro groups is 1. The van der Waals surface area contributed by atoms with E-state index >= 15 is 0 Å². The zero-order chi connectivity index (χ0) is 16.0. The summed E-state index contributed by atoms with van der Waals surface area (Å²) in [6.07, 6.45) is 0.237. The first kappa shape index (κ1) is 16.4. The summed E-state index contributed by atoms with van der Waals surface area (Å²) >= 11 is 0. The van der Waals surface area contributed by atoms with Gasteiger partial charge < -0.3 is 15.7 Å². The summed E-state index contributed by atoms with van der Waals surface area (Å²) in [6.45, 7) is 3.43. The number of urea groups is 1. The summed E-state index contributed by atoms with van der Waals surface area (Å²) in [6, 6.07) is 4.90. The van der Waals surface area contributed by atoms with Gasteiger partial charge in [0, 0.05) is 29.8 Å². The molecule has 0 fully saturated rings. The average Bonchev–Trinajstić information content (AvgIpc) is 2.36. The van der Waals surface area contributed by atoms with Crippen LogP contribution in [0, 0.1) is 10.1 Å². The second-order valence-electron chi connectivity index (χ2n) is 5.16. The van der Waals surface area contributed by atoms with E-state index in [2.05, 4.69) is 10.6 Å². The van der Waals surface area contributed by atoms with Gasteiger partial charge >= 0.3 is 12.0 Å². The monoisotopic (exact) mass is 295 g/mol.